The van der Waals surface area contributed by atoms with Crippen molar-refractivity contribution in [1.29, 1.82) is 0 Å². The van der Waals surface area contributed by atoms with Crippen molar-refractivity contribution in [2.45, 2.75) is 25.4 Å². The number of methoxy groups -OCH3 is 2. The molecule has 9 heteroatoms. The molecule has 2 aromatic rings. The number of benzene rings is 2. The number of hydrogen-bond donors (Lipinski definition) is 0. The normalized spacial score (nSPS) is 20.5. The summed E-state index contributed by atoms with van der Waals surface area (Å²) in [4.78, 5) is 31.7. The Kier molecular flexibility index (Phi) is 6.79. The molecule has 1 unspecified atom stereocenters. The summed E-state index contributed by atoms with van der Waals surface area (Å²) in [6.07, 6.45) is 0.834. The number of piperazine rings is 1. The van der Waals surface area contributed by atoms with Gasteiger partial charge >= 0.3 is 0 Å². The van der Waals surface area contributed by atoms with E-state index < -0.39 is 0 Å². The number of amides is 2. The summed E-state index contributed by atoms with van der Waals surface area (Å²) >= 11 is 0. The lowest BCUT2D eigenvalue weighted by Crippen LogP contribution is -2.52. The quantitative estimate of drug-likeness (QED) is 0.529. The molecule has 0 spiro atoms. The van der Waals surface area contributed by atoms with Crippen molar-refractivity contribution in [1.82, 2.24) is 14.7 Å². The van der Waals surface area contributed by atoms with Crippen LogP contribution in [0.1, 0.15) is 17.5 Å². The number of ether oxygens (including phenoxy) is 4. The second kappa shape index (κ2) is 10.1. The molecule has 2 fully saturated rings. The molecule has 2 saturated heterocycles. The molecule has 3 aliphatic heterocycles. The first-order valence-corrected chi connectivity index (χ1v) is 12.0. The first kappa shape index (κ1) is 23.4. The van der Waals surface area contributed by atoms with Crippen molar-refractivity contribution < 1.29 is 28.5 Å². The van der Waals surface area contributed by atoms with E-state index in [1.807, 2.05) is 30.3 Å². The molecule has 2 aromatic carbocycles. The number of nitrogens with zero attached hydrogens (tertiary/aromatic N) is 3. The van der Waals surface area contributed by atoms with Gasteiger partial charge in [0.2, 0.25) is 18.6 Å². The molecule has 186 valence electrons. The van der Waals surface area contributed by atoms with Crippen LogP contribution in [-0.4, -0.2) is 86.3 Å². The molecule has 9 nitrogen and oxygen atoms in total. The minimum absolute atomic E-state index is 0.0836. The van der Waals surface area contributed by atoms with E-state index in [0.29, 0.717) is 24.5 Å². The van der Waals surface area contributed by atoms with E-state index in [0.717, 1.165) is 49.8 Å². The maximum atomic E-state index is 13.1. The second-order valence-electron chi connectivity index (χ2n) is 9.04. The summed E-state index contributed by atoms with van der Waals surface area (Å²) in [5.41, 5.74) is 2.17. The Labute approximate surface area is 205 Å². The summed E-state index contributed by atoms with van der Waals surface area (Å²) in [7, 11) is 3.19. The van der Waals surface area contributed by atoms with Gasteiger partial charge in [0, 0.05) is 39.3 Å². The number of hydrogen-bond acceptors (Lipinski definition) is 8. The molecular formula is C26H31N3O6. The average Bonchev–Trinajstić information content (AvgIpc) is 3.46. The monoisotopic (exact) mass is 481 g/mol. The van der Waals surface area contributed by atoms with Crippen molar-refractivity contribution in [2.24, 2.45) is 0 Å². The smallest absolute Gasteiger partial charge is 0.247 e. The van der Waals surface area contributed by atoms with Crippen LogP contribution < -0.4 is 18.9 Å². The summed E-state index contributed by atoms with van der Waals surface area (Å²) < 4.78 is 21.5. The number of likely N-dealkylation sites (tertiary alicyclic amines) is 1. The Morgan fingerprint density at radius 2 is 1.63 bits per heavy atom. The Morgan fingerprint density at radius 1 is 0.886 bits per heavy atom. The fourth-order valence-corrected chi connectivity index (χ4v) is 4.99. The molecule has 0 N–H and O–H groups in total. The molecule has 35 heavy (non-hydrogen) atoms. The van der Waals surface area contributed by atoms with Crippen LogP contribution in [0.2, 0.25) is 0 Å². The van der Waals surface area contributed by atoms with E-state index in [2.05, 4.69) is 15.9 Å². The molecule has 0 bridgehead atoms. The van der Waals surface area contributed by atoms with Gasteiger partial charge in [0.15, 0.2) is 23.0 Å². The highest BCUT2D eigenvalue weighted by molar-refractivity contribution is 6.05. The maximum Gasteiger partial charge on any atom is 0.247 e. The van der Waals surface area contributed by atoms with Crippen molar-refractivity contribution in [2.75, 3.05) is 53.7 Å². The zero-order valence-electron chi connectivity index (χ0n) is 20.2. The summed E-state index contributed by atoms with van der Waals surface area (Å²) in [6, 6.07) is 11.4. The predicted molar refractivity (Wildman–Crippen MR) is 128 cm³/mol. The minimum atomic E-state index is -0.361. The molecule has 3 aliphatic rings. The van der Waals surface area contributed by atoms with Gasteiger partial charge in [-0.3, -0.25) is 24.3 Å². The van der Waals surface area contributed by atoms with Crippen LogP contribution in [0.25, 0.3) is 0 Å². The van der Waals surface area contributed by atoms with E-state index in [1.54, 1.807) is 14.2 Å². The summed E-state index contributed by atoms with van der Waals surface area (Å²) in [6.45, 7) is 4.68. The Morgan fingerprint density at radius 3 is 2.40 bits per heavy atom. The average molecular weight is 482 g/mol. The van der Waals surface area contributed by atoms with Gasteiger partial charge in [0.25, 0.3) is 0 Å². The molecule has 0 saturated carbocycles. The molecule has 0 aliphatic carbocycles. The van der Waals surface area contributed by atoms with Crippen LogP contribution in [0, 0.1) is 0 Å². The number of carbonyl (C=O) groups is 2. The van der Waals surface area contributed by atoms with Crippen molar-refractivity contribution in [3.8, 4) is 23.0 Å². The zero-order valence-corrected chi connectivity index (χ0v) is 20.2. The van der Waals surface area contributed by atoms with E-state index in [4.69, 9.17) is 18.9 Å². The standard InChI is InChI=1S/C26H31N3O6/c1-32-21-5-3-18(13-23(21)33-2)7-8-29-25(30)15-20(26(29)31)28-11-9-27(10-12-28)16-19-4-6-22-24(14-19)35-17-34-22/h3-6,13-14,20H,7-12,15-17H2,1-2H3. The highest BCUT2D eigenvalue weighted by atomic mass is 16.7. The molecule has 3 heterocycles. The second-order valence-corrected chi connectivity index (χ2v) is 9.04. The fourth-order valence-electron chi connectivity index (χ4n) is 4.99. The van der Waals surface area contributed by atoms with Gasteiger partial charge in [-0.2, -0.15) is 0 Å². The number of fused-ring (bicyclic) bond motifs is 1. The van der Waals surface area contributed by atoms with Crippen molar-refractivity contribution in [3.05, 3.63) is 47.5 Å². The Hall–Kier alpha value is -3.30. The lowest BCUT2D eigenvalue weighted by atomic mass is 10.1. The van der Waals surface area contributed by atoms with Gasteiger partial charge < -0.3 is 18.9 Å². The van der Waals surface area contributed by atoms with E-state index >= 15 is 0 Å². The molecule has 0 aromatic heterocycles. The third kappa shape index (κ3) is 4.92. The van der Waals surface area contributed by atoms with Crippen molar-refractivity contribution in [3.63, 3.8) is 0 Å². The van der Waals surface area contributed by atoms with Gasteiger partial charge in [-0.25, -0.2) is 0 Å². The largest absolute Gasteiger partial charge is 0.493 e. The SMILES string of the molecule is COc1ccc(CCN2C(=O)CC(N3CCN(Cc4ccc5c(c4)OCO5)CC3)C2=O)cc1OC. The van der Waals surface area contributed by atoms with E-state index in [-0.39, 0.29) is 31.1 Å². The van der Waals surface area contributed by atoms with Gasteiger partial charge in [0.05, 0.1) is 26.7 Å². The lowest BCUT2D eigenvalue weighted by molar-refractivity contribution is -0.139. The molecular weight excluding hydrogens is 450 g/mol. The van der Waals surface area contributed by atoms with Gasteiger partial charge in [-0.1, -0.05) is 12.1 Å². The third-order valence-corrected chi connectivity index (χ3v) is 6.98. The van der Waals surface area contributed by atoms with Crippen LogP contribution in [0.5, 0.6) is 23.0 Å². The maximum absolute atomic E-state index is 13.1. The number of rotatable bonds is 8. The zero-order chi connectivity index (χ0) is 24.4. The van der Waals surface area contributed by atoms with Crippen molar-refractivity contribution >= 4 is 11.8 Å². The van der Waals surface area contributed by atoms with Crippen LogP contribution >= 0.6 is 0 Å². The third-order valence-electron chi connectivity index (χ3n) is 6.98. The van der Waals surface area contributed by atoms with Crippen LogP contribution in [-0.2, 0) is 22.6 Å². The number of imide groups is 1. The Balaban J connectivity index is 1.13. The van der Waals surface area contributed by atoms with E-state index in [9.17, 15) is 9.59 Å². The van der Waals surface area contributed by atoms with Crippen LogP contribution in [0.15, 0.2) is 36.4 Å². The van der Waals surface area contributed by atoms with Gasteiger partial charge in [0.1, 0.15) is 0 Å². The molecule has 1 atom stereocenters. The fraction of sp³-hybridized carbons (Fsp3) is 0.462. The predicted octanol–water partition coefficient (Wildman–Crippen LogP) is 1.92. The van der Waals surface area contributed by atoms with E-state index in [1.165, 1.54) is 10.5 Å². The molecule has 5 rings (SSSR count). The highest BCUT2D eigenvalue weighted by Crippen LogP contribution is 2.33. The van der Waals surface area contributed by atoms with Crippen LogP contribution in [0.4, 0.5) is 0 Å². The van der Waals surface area contributed by atoms with Crippen LogP contribution in [0.3, 0.4) is 0 Å². The number of carbonyl (C=O) groups excluding carboxylic acids is 2. The molecule has 2 amide bonds. The first-order chi connectivity index (χ1) is 17.1. The highest BCUT2D eigenvalue weighted by Gasteiger charge is 2.42. The topological polar surface area (TPSA) is 80.8 Å². The Bertz CT molecular complexity index is 1100. The first-order valence-electron chi connectivity index (χ1n) is 12.0. The molecule has 0 radical (unpaired) electrons. The van der Waals surface area contributed by atoms with Gasteiger partial charge in [-0.15, -0.1) is 0 Å². The summed E-state index contributed by atoms with van der Waals surface area (Å²) in [5.74, 6) is 2.70. The lowest BCUT2D eigenvalue weighted by Gasteiger charge is -2.37. The summed E-state index contributed by atoms with van der Waals surface area (Å²) in [5, 5.41) is 0. The minimum Gasteiger partial charge on any atom is -0.493 e. The van der Waals surface area contributed by atoms with Gasteiger partial charge in [-0.05, 0) is 41.8 Å².